The van der Waals surface area contributed by atoms with Crippen molar-refractivity contribution < 1.29 is 14.3 Å². The molecule has 0 saturated carbocycles. The van der Waals surface area contributed by atoms with Crippen LogP contribution in [0.5, 0.6) is 5.75 Å². The fourth-order valence-electron chi connectivity index (χ4n) is 5.20. The second-order valence-corrected chi connectivity index (χ2v) is 9.20. The van der Waals surface area contributed by atoms with Crippen molar-refractivity contribution in [2.45, 2.75) is 58.3 Å². The second-order valence-electron chi connectivity index (χ2n) is 9.20. The van der Waals surface area contributed by atoms with Gasteiger partial charge in [0.05, 0.1) is 19.2 Å². The monoisotopic (exact) mass is 484 g/mol. The molecule has 2 aliphatic heterocycles. The highest BCUT2D eigenvalue weighted by molar-refractivity contribution is 6.05. The molecule has 0 aromatic heterocycles. The van der Waals surface area contributed by atoms with Crippen LogP contribution in [0.3, 0.4) is 0 Å². The van der Waals surface area contributed by atoms with Gasteiger partial charge in [-0.1, -0.05) is 31.5 Å². The first-order valence-electron chi connectivity index (χ1n) is 12.4. The van der Waals surface area contributed by atoms with Crippen molar-refractivity contribution in [2.24, 2.45) is 0 Å². The van der Waals surface area contributed by atoms with E-state index < -0.39 is 0 Å². The number of amides is 1. The predicted octanol–water partition coefficient (Wildman–Crippen LogP) is 5.26. The lowest BCUT2D eigenvalue weighted by atomic mass is 9.94. The van der Waals surface area contributed by atoms with Crippen LogP contribution in [0, 0.1) is 0 Å². The Balaban J connectivity index is 0.00000324. The number of hydrogen-bond donors (Lipinski definition) is 0. The number of ether oxygens (including phenoxy) is 1. The zero-order chi connectivity index (χ0) is 23.2. The van der Waals surface area contributed by atoms with Gasteiger partial charge in [0, 0.05) is 25.1 Å². The van der Waals surface area contributed by atoms with Crippen molar-refractivity contribution in [1.82, 2.24) is 4.90 Å². The molecule has 0 spiro atoms. The van der Waals surface area contributed by atoms with E-state index in [1.165, 1.54) is 11.1 Å². The highest BCUT2D eigenvalue weighted by Crippen LogP contribution is 2.37. The molecule has 6 heteroatoms. The first kappa shape index (κ1) is 26.2. The molecular formula is C28H37ClN2O3. The maximum Gasteiger partial charge on any atom is 0.231 e. The molecule has 0 radical (unpaired) electrons. The third kappa shape index (κ3) is 6.00. The second kappa shape index (κ2) is 12.4. The lowest BCUT2D eigenvalue weighted by molar-refractivity contribution is -0.117. The summed E-state index contributed by atoms with van der Waals surface area (Å²) in [4.78, 5) is 29.5. The fourth-order valence-corrected chi connectivity index (χ4v) is 5.20. The average molecular weight is 485 g/mol. The molecule has 0 atom stereocenters. The molecule has 0 unspecified atom stereocenters. The largest absolute Gasteiger partial charge is 0.496 e. The lowest BCUT2D eigenvalue weighted by Gasteiger charge is -2.25. The van der Waals surface area contributed by atoms with Crippen molar-refractivity contribution in [2.75, 3.05) is 38.2 Å². The number of aryl methyl sites for hydroxylation is 1. The molecule has 0 aliphatic carbocycles. The van der Waals surface area contributed by atoms with Gasteiger partial charge in [0.15, 0.2) is 5.78 Å². The molecule has 34 heavy (non-hydrogen) atoms. The van der Waals surface area contributed by atoms with Gasteiger partial charge in [-0.2, -0.15) is 0 Å². The number of rotatable bonds is 12. The van der Waals surface area contributed by atoms with Gasteiger partial charge in [-0.25, -0.2) is 0 Å². The molecule has 0 fully saturated rings. The fraction of sp³-hybridized carbons (Fsp3) is 0.500. The van der Waals surface area contributed by atoms with Gasteiger partial charge in [0.2, 0.25) is 5.91 Å². The highest BCUT2D eigenvalue weighted by Gasteiger charge is 2.32. The third-order valence-corrected chi connectivity index (χ3v) is 7.05. The third-order valence-electron chi connectivity index (χ3n) is 7.05. The Bertz CT molecular complexity index is 1010. The lowest BCUT2D eigenvalue weighted by Crippen LogP contribution is -2.31. The van der Waals surface area contributed by atoms with Crippen LogP contribution in [-0.4, -0.2) is 49.9 Å². The Labute approximate surface area is 209 Å². The summed E-state index contributed by atoms with van der Waals surface area (Å²) in [7, 11) is 1.73. The van der Waals surface area contributed by atoms with Gasteiger partial charge in [0.1, 0.15) is 5.75 Å². The average Bonchev–Trinajstić information content (AvgIpc) is 3.17. The molecule has 5 nitrogen and oxygen atoms in total. The number of halogens is 1. The summed E-state index contributed by atoms with van der Waals surface area (Å²) in [6.07, 6.45) is 7.05. The Morgan fingerprint density at radius 2 is 1.88 bits per heavy atom. The Morgan fingerprint density at radius 1 is 1.09 bits per heavy atom. The number of likely N-dealkylation sites (N-methyl/N-ethyl adjacent to an activating group) is 1. The van der Waals surface area contributed by atoms with Crippen LogP contribution in [0.25, 0.3) is 0 Å². The van der Waals surface area contributed by atoms with E-state index in [4.69, 9.17) is 4.74 Å². The summed E-state index contributed by atoms with van der Waals surface area (Å²) in [5, 5.41) is 0. The van der Waals surface area contributed by atoms with E-state index >= 15 is 0 Å². The van der Waals surface area contributed by atoms with E-state index in [-0.39, 0.29) is 24.1 Å². The molecule has 2 heterocycles. The molecule has 0 bridgehead atoms. The Hall–Kier alpha value is -2.37. The molecule has 184 valence electrons. The van der Waals surface area contributed by atoms with E-state index in [0.29, 0.717) is 12.8 Å². The summed E-state index contributed by atoms with van der Waals surface area (Å²) in [5.74, 6) is 1.36. The number of anilines is 1. The highest BCUT2D eigenvalue weighted by atomic mass is 35.5. The molecule has 4 rings (SSSR count). The number of hydrogen-bond acceptors (Lipinski definition) is 4. The van der Waals surface area contributed by atoms with E-state index in [1.807, 2.05) is 29.2 Å². The van der Waals surface area contributed by atoms with Gasteiger partial charge in [0.25, 0.3) is 0 Å². The van der Waals surface area contributed by atoms with Gasteiger partial charge in [-0.05, 0) is 80.1 Å². The molecule has 1 amide bonds. The van der Waals surface area contributed by atoms with Crippen LogP contribution in [0.1, 0.15) is 66.1 Å². The number of ketones is 1. The quantitative estimate of drug-likeness (QED) is 0.304. The van der Waals surface area contributed by atoms with Gasteiger partial charge in [-0.3, -0.25) is 9.59 Å². The maximum atomic E-state index is 12.8. The van der Waals surface area contributed by atoms with Crippen LogP contribution in [0.15, 0.2) is 36.4 Å². The number of carbonyl (C=O) groups is 2. The molecule has 2 aromatic carbocycles. The van der Waals surface area contributed by atoms with Crippen molar-refractivity contribution in [3.8, 4) is 5.75 Å². The van der Waals surface area contributed by atoms with Crippen LogP contribution in [-0.2, 0) is 24.1 Å². The zero-order valence-electron chi connectivity index (χ0n) is 20.5. The maximum absolute atomic E-state index is 12.8. The first-order chi connectivity index (χ1) is 16.1. The Kier molecular flexibility index (Phi) is 9.54. The molecule has 0 N–H and O–H groups in total. The van der Waals surface area contributed by atoms with Crippen LogP contribution < -0.4 is 9.64 Å². The van der Waals surface area contributed by atoms with E-state index in [1.54, 1.807) is 7.11 Å². The minimum atomic E-state index is 0. The van der Waals surface area contributed by atoms with Crippen LogP contribution in [0.4, 0.5) is 5.69 Å². The SMILES string of the molecule is CCN(CCCCCC(=O)c1cc2c3c(c1)CC(=O)N3CCC2)CCc1ccccc1OC.Cl. The summed E-state index contributed by atoms with van der Waals surface area (Å²) in [6, 6.07) is 12.2. The smallest absolute Gasteiger partial charge is 0.231 e. The number of Topliss-reactive ketones (excluding diaryl/α,β-unsaturated/α-hetero) is 1. The standard InChI is InChI=1S/C28H36N2O3.ClH/c1-3-29(17-14-21-10-6-7-13-26(21)33-2)15-8-4-5-12-25(31)23-18-22-11-9-16-30-27(32)20-24(19-23)28(22)30;/h6-7,10,13,18-19H,3-5,8-9,11-12,14-17,20H2,1-2H3;1H. The number of nitrogens with zero attached hydrogens (tertiary/aromatic N) is 2. The minimum absolute atomic E-state index is 0. The van der Waals surface area contributed by atoms with E-state index in [9.17, 15) is 9.59 Å². The van der Waals surface area contributed by atoms with Gasteiger partial charge in [-0.15, -0.1) is 12.4 Å². The van der Waals surface area contributed by atoms with Crippen LogP contribution in [0.2, 0.25) is 0 Å². The van der Waals surface area contributed by atoms with Gasteiger partial charge < -0.3 is 14.5 Å². The Morgan fingerprint density at radius 3 is 2.68 bits per heavy atom. The summed E-state index contributed by atoms with van der Waals surface area (Å²) in [6.45, 7) is 6.13. The first-order valence-corrected chi connectivity index (χ1v) is 12.4. The predicted molar refractivity (Wildman–Crippen MR) is 140 cm³/mol. The molecular weight excluding hydrogens is 448 g/mol. The number of unbranched alkanes of at least 4 members (excludes halogenated alkanes) is 2. The van der Waals surface area contributed by atoms with E-state index in [0.717, 1.165) is 87.3 Å². The van der Waals surface area contributed by atoms with Crippen molar-refractivity contribution >= 4 is 29.8 Å². The summed E-state index contributed by atoms with van der Waals surface area (Å²) >= 11 is 0. The number of methoxy groups -OCH3 is 1. The van der Waals surface area contributed by atoms with E-state index in [2.05, 4.69) is 24.0 Å². The number of para-hydroxylation sites is 1. The number of carbonyl (C=O) groups excluding carboxylic acids is 2. The van der Waals surface area contributed by atoms with Gasteiger partial charge >= 0.3 is 0 Å². The van der Waals surface area contributed by atoms with Crippen molar-refractivity contribution in [3.63, 3.8) is 0 Å². The van der Waals surface area contributed by atoms with Crippen molar-refractivity contribution in [1.29, 1.82) is 0 Å². The topological polar surface area (TPSA) is 49.9 Å². The molecule has 0 saturated heterocycles. The summed E-state index contributed by atoms with van der Waals surface area (Å²) in [5.41, 5.74) is 5.38. The van der Waals surface area contributed by atoms with Crippen molar-refractivity contribution in [3.05, 3.63) is 58.7 Å². The van der Waals surface area contributed by atoms with Crippen LogP contribution >= 0.6 is 12.4 Å². The molecule has 2 aliphatic rings. The minimum Gasteiger partial charge on any atom is -0.496 e. The summed E-state index contributed by atoms with van der Waals surface area (Å²) < 4.78 is 5.47. The molecule has 2 aromatic rings. The number of benzene rings is 2. The zero-order valence-corrected chi connectivity index (χ0v) is 21.3. The normalized spacial score (nSPS) is 14.2.